The van der Waals surface area contributed by atoms with E-state index in [1.807, 2.05) is 0 Å². The third-order valence-electron chi connectivity index (χ3n) is 5.13. The van der Waals surface area contributed by atoms with E-state index in [0.29, 0.717) is 29.1 Å². The molecule has 1 N–H and O–H groups in total. The van der Waals surface area contributed by atoms with Crippen LogP contribution in [0.25, 0.3) is 0 Å². The first-order valence-corrected chi connectivity index (χ1v) is 9.19. The lowest BCUT2D eigenvalue weighted by Gasteiger charge is -2.22. The molecule has 2 saturated heterocycles. The molecule has 0 bridgehead atoms. The van der Waals surface area contributed by atoms with Gasteiger partial charge in [-0.05, 0) is 42.3 Å². The summed E-state index contributed by atoms with van der Waals surface area (Å²) in [5.41, 5.74) is -0.0398. The number of hydrogen-bond donors (Lipinski definition) is 1. The van der Waals surface area contributed by atoms with Gasteiger partial charge in [-0.15, -0.1) is 0 Å². The molecule has 0 unspecified atom stereocenters. The highest BCUT2D eigenvalue weighted by molar-refractivity contribution is 6.31. The minimum atomic E-state index is -1.12. The van der Waals surface area contributed by atoms with Crippen LogP contribution in [-0.2, 0) is 11.3 Å². The van der Waals surface area contributed by atoms with Gasteiger partial charge in [0, 0.05) is 17.1 Å². The van der Waals surface area contributed by atoms with Crippen molar-refractivity contribution in [1.29, 1.82) is 0 Å². The Morgan fingerprint density at radius 3 is 2.64 bits per heavy atom. The topological polar surface area (TPSA) is 69.7 Å². The normalized spacial score (nSPS) is 21.5. The molecule has 6 nitrogen and oxygen atoms in total. The van der Waals surface area contributed by atoms with E-state index in [2.05, 4.69) is 5.32 Å². The van der Waals surface area contributed by atoms with Crippen LogP contribution in [0.3, 0.4) is 0 Å². The lowest BCUT2D eigenvalue weighted by molar-refractivity contribution is -0.131. The van der Waals surface area contributed by atoms with Crippen molar-refractivity contribution in [2.45, 2.75) is 18.5 Å². The van der Waals surface area contributed by atoms with Crippen LogP contribution in [0.1, 0.15) is 22.3 Å². The number of nitrogens with zero attached hydrogens (tertiary/aromatic N) is 2. The Bertz CT molecular complexity index is 965. The summed E-state index contributed by atoms with van der Waals surface area (Å²) in [6, 6.07) is 11.7. The number of amides is 4. The maximum atomic E-state index is 13.1. The van der Waals surface area contributed by atoms with Gasteiger partial charge in [-0.1, -0.05) is 29.8 Å². The van der Waals surface area contributed by atoms with Crippen LogP contribution in [0.15, 0.2) is 48.5 Å². The number of urea groups is 1. The Kier molecular flexibility index (Phi) is 4.55. The smallest absolute Gasteiger partial charge is 0.325 e. The van der Waals surface area contributed by atoms with Gasteiger partial charge in [0.1, 0.15) is 11.4 Å². The lowest BCUT2D eigenvalue weighted by atomic mass is 9.99. The molecular weight excluding hydrogens is 385 g/mol. The van der Waals surface area contributed by atoms with Gasteiger partial charge in [-0.2, -0.15) is 0 Å². The second-order valence-corrected chi connectivity index (χ2v) is 7.45. The Hall–Kier alpha value is -2.93. The predicted octanol–water partition coefficient (Wildman–Crippen LogP) is 2.82. The summed E-state index contributed by atoms with van der Waals surface area (Å²) in [5.74, 6) is -0.995. The first kappa shape index (κ1) is 18.4. The molecule has 0 saturated carbocycles. The maximum absolute atomic E-state index is 13.1. The first-order valence-electron chi connectivity index (χ1n) is 8.81. The summed E-state index contributed by atoms with van der Waals surface area (Å²) in [6.45, 7) is 0.500. The Labute approximate surface area is 165 Å². The third kappa shape index (κ3) is 3.22. The molecule has 0 radical (unpaired) electrons. The third-order valence-corrected chi connectivity index (χ3v) is 5.36. The van der Waals surface area contributed by atoms with Crippen molar-refractivity contribution in [2.24, 2.45) is 0 Å². The average molecular weight is 402 g/mol. The molecule has 0 aliphatic carbocycles. The first-order chi connectivity index (χ1) is 13.4. The molecule has 2 aromatic carbocycles. The van der Waals surface area contributed by atoms with Gasteiger partial charge in [-0.3, -0.25) is 14.5 Å². The molecule has 144 valence electrons. The van der Waals surface area contributed by atoms with Gasteiger partial charge in [0.2, 0.25) is 0 Å². The highest BCUT2D eigenvalue weighted by Crippen LogP contribution is 2.30. The van der Waals surface area contributed by atoms with Gasteiger partial charge in [0.15, 0.2) is 0 Å². The largest absolute Gasteiger partial charge is 0.336 e. The van der Waals surface area contributed by atoms with E-state index >= 15 is 0 Å². The van der Waals surface area contributed by atoms with E-state index < -0.39 is 11.6 Å². The predicted molar refractivity (Wildman–Crippen MR) is 100 cm³/mol. The van der Waals surface area contributed by atoms with E-state index in [4.69, 9.17) is 11.6 Å². The summed E-state index contributed by atoms with van der Waals surface area (Å²) in [7, 11) is 0. The monoisotopic (exact) mass is 401 g/mol. The van der Waals surface area contributed by atoms with Crippen molar-refractivity contribution in [3.63, 3.8) is 0 Å². The van der Waals surface area contributed by atoms with Crippen LogP contribution in [0.2, 0.25) is 5.02 Å². The van der Waals surface area contributed by atoms with Crippen LogP contribution >= 0.6 is 11.6 Å². The number of carbonyl (C=O) groups excluding carboxylic acids is 3. The molecule has 2 aliphatic heterocycles. The minimum absolute atomic E-state index is 0.0505. The Balaban J connectivity index is 1.50. The Morgan fingerprint density at radius 2 is 1.93 bits per heavy atom. The lowest BCUT2D eigenvalue weighted by Crippen LogP contribution is -2.49. The molecule has 4 rings (SSSR count). The molecule has 0 aromatic heterocycles. The van der Waals surface area contributed by atoms with E-state index in [0.717, 1.165) is 4.90 Å². The fourth-order valence-electron chi connectivity index (χ4n) is 3.66. The van der Waals surface area contributed by atoms with Crippen LogP contribution in [0, 0.1) is 5.82 Å². The molecule has 28 heavy (non-hydrogen) atoms. The average Bonchev–Trinajstić information content (AvgIpc) is 3.20. The molecule has 4 amide bonds. The van der Waals surface area contributed by atoms with Crippen molar-refractivity contribution in [3.05, 3.63) is 70.5 Å². The molecule has 2 heterocycles. The number of benzene rings is 2. The van der Waals surface area contributed by atoms with Gasteiger partial charge in [0.25, 0.3) is 11.8 Å². The van der Waals surface area contributed by atoms with Crippen molar-refractivity contribution >= 4 is 29.4 Å². The van der Waals surface area contributed by atoms with Crippen molar-refractivity contribution in [1.82, 2.24) is 15.1 Å². The number of likely N-dealkylation sites (tertiary alicyclic amines) is 1. The summed E-state index contributed by atoms with van der Waals surface area (Å²) in [5, 5.41) is 3.21. The zero-order chi connectivity index (χ0) is 19.9. The second-order valence-electron chi connectivity index (χ2n) is 7.02. The summed E-state index contributed by atoms with van der Waals surface area (Å²) in [4.78, 5) is 40.8. The van der Waals surface area contributed by atoms with Crippen LogP contribution in [0.4, 0.5) is 9.18 Å². The number of nitrogens with one attached hydrogen (secondary N) is 1. The zero-order valence-corrected chi connectivity index (χ0v) is 15.6. The minimum Gasteiger partial charge on any atom is -0.336 e. The number of rotatable bonds is 3. The van der Waals surface area contributed by atoms with E-state index in [9.17, 15) is 18.8 Å². The molecule has 2 aromatic rings. The summed E-state index contributed by atoms with van der Waals surface area (Å²) < 4.78 is 13.1. The summed E-state index contributed by atoms with van der Waals surface area (Å²) >= 11 is 5.95. The van der Waals surface area contributed by atoms with Gasteiger partial charge < -0.3 is 10.2 Å². The molecule has 8 heteroatoms. The quantitative estimate of drug-likeness (QED) is 0.804. The number of hydrogen-bond acceptors (Lipinski definition) is 3. The number of halogens is 2. The molecule has 1 atom stereocenters. The van der Waals surface area contributed by atoms with Crippen molar-refractivity contribution in [2.75, 3.05) is 13.1 Å². The molecule has 2 aliphatic rings. The van der Waals surface area contributed by atoms with E-state index in [-0.39, 0.29) is 30.7 Å². The highest BCUT2D eigenvalue weighted by Gasteiger charge is 2.55. The molecule has 1 spiro atoms. The Morgan fingerprint density at radius 1 is 1.18 bits per heavy atom. The zero-order valence-electron chi connectivity index (χ0n) is 14.8. The van der Waals surface area contributed by atoms with Crippen LogP contribution in [-0.4, -0.2) is 46.3 Å². The van der Waals surface area contributed by atoms with Crippen LogP contribution in [0.5, 0.6) is 0 Å². The van der Waals surface area contributed by atoms with Gasteiger partial charge >= 0.3 is 6.03 Å². The number of carbonyl (C=O) groups is 3. The van der Waals surface area contributed by atoms with Gasteiger partial charge in [-0.25, -0.2) is 9.18 Å². The second kappa shape index (κ2) is 6.91. The molecule has 2 fully saturated rings. The SMILES string of the molecule is O=C(c1cccc(Cl)c1)N1CC[C@@]2(C1)NC(=O)N(Cc1ccc(F)cc1)C2=O. The van der Waals surface area contributed by atoms with Gasteiger partial charge in [0.05, 0.1) is 13.1 Å². The fourth-order valence-corrected chi connectivity index (χ4v) is 3.85. The molecular formula is C20H17ClFN3O3. The number of imide groups is 1. The fraction of sp³-hybridized carbons (Fsp3) is 0.250. The van der Waals surface area contributed by atoms with Crippen molar-refractivity contribution in [3.8, 4) is 0 Å². The standard InChI is InChI=1S/C20H17ClFN3O3/c21-15-3-1-2-14(10-15)17(26)24-9-8-20(12-24)18(27)25(19(28)23-20)11-13-4-6-16(22)7-5-13/h1-7,10H,8-9,11-12H2,(H,23,28)/t20-/m0/s1. The summed E-state index contributed by atoms with van der Waals surface area (Å²) in [6.07, 6.45) is 0.337. The maximum Gasteiger partial charge on any atom is 0.325 e. The van der Waals surface area contributed by atoms with E-state index in [1.165, 1.54) is 24.3 Å². The highest BCUT2D eigenvalue weighted by atomic mass is 35.5. The van der Waals surface area contributed by atoms with Crippen LogP contribution < -0.4 is 5.32 Å². The van der Waals surface area contributed by atoms with E-state index in [1.54, 1.807) is 29.2 Å². The van der Waals surface area contributed by atoms with Crippen molar-refractivity contribution < 1.29 is 18.8 Å².